The second-order valence-electron chi connectivity index (χ2n) is 5.60. The Morgan fingerprint density at radius 1 is 1.23 bits per heavy atom. The number of para-hydroxylation sites is 1. The Labute approximate surface area is 130 Å². The quantitative estimate of drug-likeness (QED) is 0.918. The Hall–Kier alpha value is -1.31. The highest BCUT2D eigenvalue weighted by Gasteiger charge is 2.54. The number of hydrogen-bond acceptors (Lipinski definition) is 3. The van der Waals surface area contributed by atoms with Crippen molar-refractivity contribution in [3.63, 3.8) is 0 Å². The maximum atomic E-state index is 12.8. The number of alkyl halides is 3. The molecule has 1 aromatic carbocycles. The van der Waals surface area contributed by atoms with E-state index in [0.29, 0.717) is 11.8 Å². The normalized spacial score (nSPS) is 19.7. The molecule has 1 saturated heterocycles. The van der Waals surface area contributed by atoms with Crippen molar-refractivity contribution in [2.75, 3.05) is 13.1 Å². The minimum atomic E-state index is -4.58. The number of halogens is 4. The minimum Gasteiger partial charge on any atom is -0.380 e. The molecule has 0 bridgehead atoms. The zero-order chi connectivity index (χ0) is 16.0. The van der Waals surface area contributed by atoms with Crippen molar-refractivity contribution < 1.29 is 18.3 Å². The van der Waals surface area contributed by atoms with Crippen LogP contribution in [0.1, 0.15) is 12.8 Å². The van der Waals surface area contributed by atoms with Crippen LogP contribution in [0.25, 0.3) is 10.9 Å². The first-order chi connectivity index (χ1) is 10.3. The van der Waals surface area contributed by atoms with Crippen LogP contribution < -0.4 is 0 Å². The lowest BCUT2D eigenvalue weighted by Crippen LogP contribution is -2.53. The van der Waals surface area contributed by atoms with Crippen LogP contribution in [0, 0.1) is 0 Å². The summed E-state index contributed by atoms with van der Waals surface area (Å²) in [4.78, 5) is 1.83. The van der Waals surface area contributed by atoms with Gasteiger partial charge in [0.05, 0.1) is 12.2 Å². The van der Waals surface area contributed by atoms with Gasteiger partial charge in [-0.05, 0) is 25.0 Å². The predicted octanol–water partition coefficient (Wildman–Crippen LogP) is 3.04. The van der Waals surface area contributed by atoms with Gasteiger partial charge in [-0.1, -0.05) is 23.7 Å². The number of piperidine rings is 1. The highest BCUT2D eigenvalue weighted by molar-refractivity contribution is 6.34. The van der Waals surface area contributed by atoms with E-state index in [0.717, 1.165) is 10.9 Å². The van der Waals surface area contributed by atoms with E-state index in [1.165, 1.54) is 0 Å². The standard InChI is InChI=1S/C14H15ClF3N3O/c15-12-10-3-1-2-4-11(10)21(19-12)9-20-7-5-13(22,6-8-20)14(16,17)18/h1-4,22H,5-9H2. The van der Waals surface area contributed by atoms with E-state index in [2.05, 4.69) is 5.10 Å². The van der Waals surface area contributed by atoms with Gasteiger partial charge in [0.25, 0.3) is 0 Å². The molecule has 0 atom stereocenters. The Morgan fingerprint density at radius 2 is 1.86 bits per heavy atom. The van der Waals surface area contributed by atoms with Crippen LogP contribution in [0.3, 0.4) is 0 Å². The van der Waals surface area contributed by atoms with Crippen molar-refractivity contribution in [3.8, 4) is 0 Å². The SMILES string of the molecule is OC1(C(F)(F)F)CCN(Cn2nc(Cl)c3ccccc32)CC1. The topological polar surface area (TPSA) is 41.3 Å². The molecule has 3 rings (SSSR count). The van der Waals surface area contributed by atoms with E-state index in [1.807, 2.05) is 29.2 Å². The molecule has 1 aromatic heterocycles. The first-order valence-electron chi connectivity index (χ1n) is 6.93. The third-order valence-electron chi connectivity index (χ3n) is 4.16. The van der Waals surface area contributed by atoms with Crippen molar-refractivity contribution in [2.45, 2.75) is 31.3 Å². The maximum absolute atomic E-state index is 12.8. The Bertz CT molecular complexity index is 678. The molecular weight excluding hydrogens is 319 g/mol. The van der Waals surface area contributed by atoms with E-state index >= 15 is 0 Å². The molecule has 0 radical (unpaired) electrons. The van der Waals surface area contributed by atoms with Gasteiger partial charge in [-0.2, -0.15) is 18.3 Å². The van der Waals surface area contributed by atoms with Crippen LogP contribution >= 0.6 is 11.6 Å². The van der Waals surface area contributed by atoms with Crippen LogP contribution in [0.2, 0.25) is 5.15 Å². The zero-order valence-corrected chi connectivity index (χ0v) is 12.4. The zero-order valence-electron chi connectivity index (χ0n) is 11.6. The molecule has 0 amide bonds. The van der Waals surface area contributed by atoms with Gasteiger partial charge in [0.1, 0.15) is 0 Å². The summed E-state index contributed by atoms with van der Waals surface area (Å²) >= 11 is 6.06. The number of benzene rings is 1. The van der Waals surface area contributed by atoms with E-state index in [9.17, 15) is 18.3 Å². The Balaban J connectivity index is 1.73. The molecule has 2 aromatic rings. The molecule has 4 nitrogen and oxygen atoms in total. The first kappa shape index (κ1) is 15.6. The smallest absolute Gasteiger partial charge is 0.380 e. The molecule has 1 fully saturated rings. The average Bonchev–Trinajstić information content (AvgIpc) is 2.78. The monoisotopic (exact) mass is 333 g/mol. The van der Waals surface area contributed by atoms with E-state index in [-0.39, 0.29) is 25.9 Å². The summed E-state index contributed by atoms with van der Waals surface area (Å²) in [6.07, 6.45) is -5.24. The van der Waals surface area contributed by atoms with Gasteiger partial charge < -0.3 is 5.11 Å². The average molecular weight is 334 g/mol. The van der Waals surface area contributed by atoms with Gasteiger partial charge in [-0.25, -0.2) is 4.68 Å². The summed E-state index contributed by atoms with van der Waals surface area (Å²) in [5.74, 6) is 0. The van der Waals surface area contributed by atoms with E-state index in [4.69, 9.17) is 11.6 Å². The third kappa shape index (κ3) is 2.68. The van der Waals surface area contributed by atoms with Crippen LogP contribution in [-0.2, 0) is 6.67 Å². The van der Waals surface area contributed by atoms with Gasteiger partial charge in [-0.3, -0.25) is 4.90 Å². The number of likely N-dealkylation sites (tertiary alicyclic amines) is 1. The first-order valence-corrected chi connectivity index (χ1v) is 7.30. The molecule has 0 unspecified atom stereocenters. The van der Waals surface area contributed by atoms with Crippen molar-refractivity contribution in [1.29, 1.82) is 0 Å². The van der Waals surface area contributed by atoms with Crippen LogP contribution in [0.5, 0.6) is 0 Å². The van der Waals surface area contributed by atoms with Gasteiger partial charge >= 0.3 is 6.18 Å². The highest BCUT2D eigenvalue weighted by Crippen LogP contribution is 2.38. The van der Waals surface area contributed by atoms with Crippen LogP contribution in [-0.4, -0.2) is 44.7 Å². The summed E-state index contributed by atoms with van der Waals surface area (Å²) in [5, 5.41) is 15.1. The molecule has 0 aliphatic carbocycles. The number of aliphatic hydroxyl groups is 1. The summed E-state index contributed by atoms with van der Waals surface area (Å²) in [6, 6.07) is 7.42. The molecule has 22 heavy (non-hydrogen) atoms. The molecule has 1 aliphatic rings. The van der Waals surface area contributed by atoms with E-state index in [1.54, 1.807) is 4.68 Å². The molecule has 8 heteroatoms. The number of fused-ring (bicyclic) bond motifs is 1. The Morgan fingerprint density at radius 3 is 2.50 bits per heavy atom. The predicted molar refractivity (Wildman–Crippen MR) is 76.6 cm³/mol. The lowest BCUT2D eigenvalue weighted by atomic mass is 9.91. The summed E-state index contributed by atoms with van der Waals surface area (Å²) in [5.41, 5.74) is -1.74. The fraction of sp³-hybridized carbons (Fsp3) is 0.500. The second kappa shape index (κ2) is 5.40. The fourth-order valence-electron chi connectivity index (χ4n) is 2.73. The fourth-order valence-corrected chi connectivity index (χ4v) is 2.98. The molecule has 2 heterocycles. The van der Waals surface area contributed by atoms with Crippen molar-refractivity contribution >= 4 is 22.5 Å². The molecule has 1 aliphatic heterocycles. The molecule has 120 valence electrons. The molecule has 1 N–H and O–H groups in total. The second-order valence-corrected chi connectivity index (χ2v) is 5.95. The van der Waals surface area contributed by atoms with Gasteiger partial charge in [-0.15, -0.1) is 0 Å². The lowest BCUT2D eigenvalue weighted by molar-refractivity contribution is -0.273. The van der Waals surface area contributed by atoms with Gasteiger partial charge in [0, 0.05) is 18.5 Å². The number of rotatable bonds is 2. The van der Waals surface area contributed by atoms with Crippen molar-refractivity contribution in [2.24, 2.45) is 0 Å². The minimum absolute atomic E-state index is 0.155. The Kier molecular flexibility index (Phi) is 3.82. The number of nitrogens with zero attached hydrogens (tertiary/aromatic N) is 3. The van der Waals surface area contributed by atoms with Gasteiger partial charge in [0.2, 0.25) is 0 Å². The van der Waals surface area contributed by atoms with Crippen LogP contribution in [0.15, 0.2) is 24.3 Å². The summed E-state index contributed by atoms with van der Waals surface area (Å²) in [6.45, 7) is 0.658. The van der Waals surface area contributed by atoms with E-state index < -0.39 is 11.8 Å². The maximum Gasteiger partial charge on any atom is 0.417 e. The lowest BCUT2D eigenvalue weighted by Gasteiger charge is -2.38. The summed E-state index contributed by atoms with van der Waals surface area (Å²) < 4.78 is 40.0. The third-order valence-corrected chi connectivity index (χ3v) is 4.44. The highest BCUT2D eigenvalue weighted by atomic mass is 35.5. The number of aromatic nitrogens is 2. The van der Waals surface area contributed by atoms with Crippen LogP contribution in [0.4, 0.5) is 13.2 Å². The number of hydrogen-bond donors (Lipinski definition) is 1. The largest absolute Gasteiger partial charge is 0.417 e. The summed E-state index contributed by atoms with van der Waals surface area (Å²) in [7, 11) is 0. The van der Waals surface area contributed by atoms with Crippen molar-refractivity contribution in [1.82, 2.24) is 14.7 Å². The van der Waals surface area contributed by atoms with Crippen molar-refractivity contribution in [3.05, 3.63) is 29.4 Å². The molecule has 0 saturated carbocycles. The van der Waals surface area contributed by atoms with Gasteiger partial charge in [0.15, 0.2) is 10.8 Å². The molecular formula is C14H15ClF3N3O. The molecule has 0 spiro atoms.